The molecule has 2 aromatic rings. The number of allylic oxidation sites excluding steroid dienone is 1. The van der Waals surface area contributed by atoms with E-state index in [4.69, 9.17) is 13.9 Å². The number of nitrogens with zero attached hydrogens (tertiary/aromatic N) is 2. The fraction of sp³-hybridized carbons (Fsp3) is 0.400. The minimum Gasteiger partial charge on any atom is -0.490 e. The first-order valence-electron chi connectivity index (χ1n) is 8.63. The molecule has 0 fully saturated rings. The van der Waals surface area contributed by atoms with Crippen LogP contribution in [0.2, 0.25) is 0 Å². The Morgan fingerprint density at radius 3 is 2.46 bits per heavy atom. The van der Waals surface area contributed by atoms with Crippen LogP contribution in [0, 0.1) is 13.8 Å². The van der Waals surface area contributed by atoms with E-state index in [2.05, 4.69) is 15.0 Å². The van der Waals surface area contributed by atoms with E-state index in [9.17, 15) is 0 Å². The number of ether oxygens (including phenoxy) is 2. The Balaban J connectivity index is 0.00000163. The number of rotatable bonds is 8. The van der Waals surface area contributed by atoms with Crippen LogP contribution >= 0.6 is 0 Å². The van der Waals surface area contributed by atoms with Gasteiger partial charge in [0.2, 0.25) is 5.89 Å². The third kappa shape index (κ3) is 6.63. The maximum atomic E-state index is 5.85. The van der Waals surface area contributed by atoms with E-state index in [1.807, 2.05) is 58.9 Å². The first-order chi connectivity index (χ1) is 12.6. The normalized spacial score (nSPS) is 10.7. The lowest BCUT2D eigenvalue weighted by Crippen LogP contribution is -2.01. The van der Waals surface area contributed by atoms with Crippen LogP contribution in [0.3, 0.4) is 0 Å². The predicted octanol–water partition coefficient (Wildman–Crippen LogP) is 4.83. The summed E-state index contributed by atoms with van der Waals surface area (Å²) < 4.78 is 16.9. The van der Waals surface area contributed by atoms with E-state index >= 15 is 0 Å². The van der Waals surface area contributed by atoms with Crippen molar-refractivity contribution < 1.29 is 18.7 Å². The van der Waals surface area contributed by atoms with Crippen LogP contribution in [0.5, 0.6) is 11.5 Å². The van der Waals surface area contributed by atoms with Crippen molar-refractivity contribution in [2.75, 3.05) is 13.7 Å². The lowest BCUT2D eigenvalue weighted by Gasteiger charge is -2.13. The highest BCUT2D eigenvalue weighted by atomic mass is 16.6. The Morgan fingerprint density at radius 1 is 1.15 bits per heavy atom. The van der Waals surface area contributed by atoms with Crippen LogP contribution in [-0.2, 0) is 11.4 Å². The van der Waals surface area contributed by atoms with Gasteiger partial charge in [0.1, 0.15) is 37.2 Å². The summed E-state index contributed by atoms with van der Waals surface area (Å²) >= 11 is 0. The average Bonchev–Trinajstić information content (AvgIpc) is 3.09. The number of aromatic nitrogens is 1. The highest BCUT2D eigenvalue weighted by molar-refractivity contribution is 5.75. The van der Waals surface area contributed by atoms with Crippen molar-refractivity contribution in [3.63, 3.8) is 0 Å². The smallest absolute Gasteiger partial charge is 0.232 e. The average molecular weight is 360 g/mol. The Labute approximate surface area is 155 Å². The van der Waals surface area contributed by atoms with Crippen molar-refractivity contribution in [3.05, 3.63) is 53.3 Å². The topological polar surface area (TPSA) is 66.1 Å². The molecule has 0 N–H and O–H groups in total. The number of oxazole rings is 1. The number of hydrogen-bond acceptors (Lipinski definition) is 6. The van der Waals surface area contributed by atoms with Gasteiger partial charge in [0.15, 0.2) is 6.61 Å². The molecule has 0 aliphatic rings. The molecule has 6 heteroatoms. The third-order valence-electron chi connectivity index (χ3n) is 3.22. The van der Waals surface area contributed by atoms with Gasteiger partial charge in [-0.15, -0.1) is 0 Å². The van der Waals surface area contributed by atoms with Crippen molar-refractivity contribution >= 4 is 6.21 Å². The second-order valence-corrected chi connectivity index (χ2v) is 5.14. The summed E-state index contributed by atoms with van der Waals surface area (Å²) in [5, 5.41) is 3.64. The molecule has 0 spiro atoms. The highest BCUT2D eigenvalue weighted by Crippen LogP contribution is 2.29. The molecule has 6 nitrogen and oxygen atoms in total. The van der Waals surface area contributed by atoms with Crippen molar-refractivity contribution in [3.8, 4) is 11.5 Å². The molecule has 0 saturated heterocycles. The summed E-state index contributed by atoms with van der Waals surface area (Å²) in [6.45, 7) is 10.7. The van der Waals surface area contributed by atoms with Gasteiger partial charge in [0.25, 0.3) is 0 Å². The molecule has 0 saturated carbocycles. The summed E-state index contributed by atoms with van der Waals surface area (Å²) in [6.07, 6.45) is 6.89. The van der Waals surface area contributed by atoms with Gasteiger partial charge in [0.05, 0.1) is 6.21 Å². The monoisotopic (exact) mass is 360 g/mol. The Morgan fingerprint density at radius 2 is 1.85 bits per heavy atom. The molecular weight excluding hydrogens is 332 g/mol. The summed E-state index contributed by atoms with van der Waals surface area (Å²) in [6, 6.07) is 3.91. The molecule has 1 aromatic heterocycles. The molecule has 0 aliphatic carbocycles. The van der Waals surface area contributed by atoms with Crippen molar-refractivity contribution in [2.45, 2.75) is 41.2 Å². The van der Waals surface area contributed by atoms with Crippen molar-refractivity contribution in [2.24, 2.45) is 5.16 Å². The molecule has 0 radical (unpaired) electrons. The van der Waals surface area contributed by atoms with E-state index in [0.717, 1.165) is 22.6 Å². The van der Waals surface area contributed by atoms with Gasteiger partial charge in [-0.1, -0.05) is 31.2 Å². The lowest BCUT2D eigenvalue weighted by molar-refractivity contribution is 0.215. The number of benzene rings is 1. The zero-order valence-electron chi connectivity index (χ0n) is 16.4. The van der Waals surface area contributed by atoms with Crippen LogP contribution in [-0.4, -0.2) is 24.9 Å². The summed E-state index contributed by atoms with van der Waals surface area (Å²) in [4.78, 5) is 8.84. The summed E-state index contributed by atoms with van der Waals surface area (Å²) in [7, 11) is 1.47. The Bertz CT molecular complexity index is 697. The first kappa shape index (κ1) is 21.3. The van der Waals surface area contributed by atoms with Crippen LogP contribution in [0.4, 0.5) is 0 Å². The Kier molecular flexibility index (Phi) is 9.61. The fourth-order valence-corrected chi connectivity index (χ4v) is 2.15. The van der Waals surface area contributed by atoms with Gasteiger partial charge >= 0.3 is 0 Å². The van der Waals surface area contributed by atoms with Gasteiger partial charge in [-0.2, -0.15) is 0 Å². The first-order valence-corrected chi connectivity index (χ1v) is 8.63. The van der Waals surface area contributed by atoms with Crippen LogP contribution in [0.15, 0.2) is 40.1 Å². The fourth-order valence-electron chi connectivity index (χ4n) is 2.15. The second-order valence-electron chi connectivity index (χ2n) is 5.14. The van der Waals surface area contributed by atoms with E-state index in [-0.39, 0.29) is 6.61 Å². The summed E-state index contributed by atoms with van der Waals surface area (Å²) in [5.41, 5.74) is 2.58. The SMILES string of the molecule is C/C=C/COc1cc(C)c(OCc2nc(/C=N\OC)co2)c(C)c1.CC. The molecule has 0 atom stereocenters. The van der Waals surface area contributed by atoms with Gasteiger partial charge in [-0.25, -0.2) is 4.98 Å². The van der Waals surface area contributed by atoms with Gasteiger partial charge in [-0.3, -0.25) is 0 Å². The molecular formula is C20H28N2O4. The molecule has 1 aromatic carbocycles. The molecule has 2 rings (SSSR count). The molecule has 0 bridgehead atoms. The standard InChI is InChI=1S/C18H22N2O4.C2H6/c1-5-6-7-22-16-8-13(2)18(14(3)9-16)24-12-17-20-15(11-23-17)10-19-21-4;1-2/h5-6,8-11H,7,12H2,1-4H3;1-2H3/b6-5+,19-10-;. The van der Waals surface area contributed by atoms with Crippen molar-refractivity contribution in [1.82, 2.24) is 4.98 Å². The van der Waals surface area contributed by atoms with E-state index in [1.54, 1.807) is 0 Å². The maximum Gasteiger partial charge on any atom is 0.232 e. The minimum atomic E-state index is 0.237. The largest absolute Gasteiger partial charge is 0.490 e. The number of aryl methyl sites for hydroxylation is 2. The van der Waals surface area contributed by atoms with Gasteiger partial charge in [0, 0.05) is 0 Å². The maximum absolute atomic E-state index is 5.85. The number of hydrogen-bond donors (Lipinski definition) is 0. The lowest BCUT2D eigenvalue weighted by atomic mass is 10.1. The molecule has 26 heavy (non-hydrogen) atoms. The zero-order valence-corrected chi connectivity index (χ0v) is 16.4. The van der Waals surface area contributed by atoms with Crippen LogP contribution in [0.1, 0.15) is 43.5 Å². The van der Waals surface area contributed by atoms with Crippen LogP contribution in [0.25, 0.3) is 0 Å². The third-order valence-corrected chi connectivity index (χ3v) is 3.22. The molecule has 0 amide bonds. The van der Waals surface area contributed by atoms with E-state index in [1.165, 1.54) is 19.6 Å². The van der Waals surface area contributed by atoms with Gasteiger partial charge in [-0.05, 0) is 44.0 Å². The van der Waals surface area contributed by atoms with Gasteiger partial charge < -0.3 is 18.7 Å². The van der Waals surface area contributed by atoms with Crippen LogP contribution < -0.4 is 9.47 Å². The zero-order chi connectivity index (χ0) is 19.4. The predicted molar refractivity (Wildman–Crippen MR) is 103 cm³/mol. The highest BCUT2D eigenvalue weighted by Gasteiger charge is 2.10. The van der Waals surface area contributed by atoms with E-state index in [0.29, 0.717) is 18.2 Å². The molecule has 0 unspecified atom stereocenters. The molecule has 0 aliphatic heterocycles. The second kappa shape index (κ2) is 11.7. The molecule has 1 heterocycles. The summed E-state index contributed by atoms with van der Waals surface area (Å²) in [5.74, 6) is 2.10. The number of oxime groups is 1. The van der Waals surface area contributed by atoms with Crippen molar-refractivity contribution in [1.29, 1.82) is 0 Å². The Hall–Kier alpha value is -2.76. The van der Waals surface area contributed by atoms with E-state index < -0.39 is 0 Å². The quantitative estimate of drug-likeness (QED) is 0.383. The molecule has 142 valence electrons. The minimum absolute atomic E-state index is 0.237.